The highest BCUT2D eigenvalue weighted by molar-refractivity contribution is 5.67. The molecule has 2 saturated carbocycles. The van der Waals surface area contributed by atoms with Crippen LogP contribution in [0.2, 0.25) is 0 Å². The fraction of sp³-hybridized carbons (Fsp3) is 0.909. The van der Waals surface area contributed by atoms with E-state index >= 15 is 0 Å². The van der Waals surface area contributed by atoms with Crippen LogP contribution in [-0.4, -0.2) is 11.1 Å². The summed E-state index contributed by atoms with van der Waals surface area (Å²) in [5, 5.41) is 8.71. The zero-order chi connectivity index (χ0) is 9.26. The Morgan fingerprint density at radius 3 is 2.77 bits per heavy atom. The summed E-state index contributed by atoms with van der Waals surface area (Å²) in [6.07, 6.45) is 8.34. The van der Waals surface area contributed by atoms with Crippen molar-refractivity contribution in [2.45, 2.75) is 44.9 Å². The summed E-state index contributed by atoms with van der Waals surface area (Å²) >= 11 is 0. The number of carbonyl (C=O) groups is 1. The molecule has 0 bridgehead atoms. The molecule has 74 valence electrons. The molecule has 2 nitrogen and oxygen atoms in total. The van der Waals surface area contributed by atoms with Crippen molar-refractivity contribution in [1.82, 2.24) is 0 Å². The van der Waals surface area contributed by atoms with E-state index in [4.69, 9.17) is 5.11 Å². The van der Waals surface area contributed by atoms with Crippen LogP contribution in [0.5, 0.6) is 0 Å². The van der Waals surface area contributed by atoms with Gasteiger partial charge in [-0.1, -0.05) is 25.7 Å². The molecule has 13 heavy (non-hydrogen) atoms. The highest BCUT2D eigenvalue weighted by Crippen LogP contribution is 2.49. The van der Waals surface area contributed by atoms with E-state index in [0.29, 0.717) is 12.3 Å². The summed E-state index contributed by atoms with van der Waals surface area (Å²) in [5.74, 6) is 1.55. The van der Waals surface area contributed by atoms with Gasteiger partial charge >= 0.3 is 5.97 Å². The summed E-state index contributed by atoms with van der Waals surface area (Å²) in [4.78, 5) is 10.6. The van der Waals surface area contributed by atoms with Crippen LogP contribution in [0.1, 0.15) is 44.9 Å². The van der Waals surface area contributed by atoms with E-state index in [9.17, 15) is 4.79 Å². The highest BCUT2D eigenvalue weighted by Gasteiger charge is 2.41. The van der Waals surface area contributed by atoms with Crippen molar-refractivity contribution in [1.29, 1.82) is 0 Å². The van der Waals surface area contributed by atoms with E-state index in [2.05, 4.69) is 0 Å². The first-order valence-electron chi connectivity index (χ1n) is 5.49. The van der Waals surface area contributed by atoms with Gasteiger partial charge in [-0.25, -0.2) is 0 Å². The zero-order valence-electron chi connectivity index (χ0n) is 8.04. The predicted molar refractivity (Wildman–Crippen MR) is 50.4 cm³/mol. The van der Waals surface area contributed by atoms with Crippen molar-refractivity contribution >= 4 is 5.97 Å². The standard InChI is InChI=1S/C11H18O2/c12-11(13)7-9-6-8-4-2-1-3-5-10(8)9/h8-10H,1-7H2,(H,12,13)/t8-,9-,10-/m0/s1. The van der Waals surface area contributed by atoms with Gasteiger partial charge < -0.3 is 5.11 Å². The second-order valence-electron chi connectivity index (χ2n) is 4.66. The second kappa shape index (κ2) is 3.69. The van der Waals surface area contributed by atoms with Crippen LogP contribution in [0, 0.1) is 17.8 Å². The monoisotopic (exact) mass is 182 g/mol. The lowest BCUT2D eigenvalue weighted by atomic mass is 9.61. The SMILES string of the molecule is O=C(O)C[C@@H]1C[C@@H]2CCCCC[C@H]12. The lowest BCUT2D eigenvalue weighted by Gasteiger charge is -2.43. The molecule has 2 heteroatoms. The minimum Gasteiger partial charge on any atom is -0.481 e. The Kier molecular flexibility index (Phi) is 2.56. The molecular formula is C11H18O2. The Balaban J connectivity index is 1.86. The predicted octanol–water partition coefficient (Wildman–Crippen LogP) is 2.68. The summed E-state index contributed by atoms with van der Waals surface area (Å²) < 4.78 is 0. The third kappa shape index (κ3) is 1.87. The first kappa shape index (κ1) is 9.04. The number of aliphatic carboxylic acids is 1. The van der Waals surface area contributed by atoms with Crippen LogP contribution < -0.4 is 0 Å². The Labute approximate surface area is 79.3 Å². The van der Waals surface area contributed by atoms with E-state index in [0.717, 1.165) is 11.8 Å². The van der Waals surface area contributed by atoms with Crippen molar-refractivity contribution in [3.63, 3.8) is 0 Å². The molecule has 0 heterocycles. The maximum Gasteiger partial charge on any atom is 0.303 e. The Morgan fingerprint density at radius 1 is 1.23 bits per heavy atom. The van der Waals surface area contributed by atoms with Gasteiger partial charge in [0.05, 0.1) is 0 Å². The Hall–Kier alpha value is -0.530. The van der Waals surface area contributed by atoms with Crippen LogP contribution in [0.15, 0.2) is 0 Å². The topological polar surface area (TPSA) is 37.3 Å². The maximum atomic E-state index is 10.6. The number of rotatable bonds is 2. The first-order valence-corrected chi connectivity index (χ1v) is 5.49. The number of fused-ring (bicyclic) bond motifs is 1. The van der Waals surface area contributed by atoms with E-state index in [1.807, 2.05) is 0 Å². The van der Waals surface area contributed by atoms with Crippen molar-refractivity contribution < 1.29 is 9.90 Å². The third-order valence-corrected chi connectivity index (χ3v) is 3.87. The van der Waals surface area contributed by atoms with Crippen LogP contribution in [-0.2, 0) is 4.79 Å². The van der Waals surface area contributed by atoms with Crippen LogP contribution in [0.3, 0.4) is 0 Å². The van der Waals surface area contributed by atoms with Gasteiger partial charge in [0.2, 0.25) is 0 Å². The first-order chi connectivity index (χ1) is 6.27. The molecule has 0 saturated heterocycles. The van der Waals surface area contributed by atoms with Crippen molar-refractivity contribution in [2.75, 3.05) is 0 Å². The molecule has 2 fully saturated rings. The molecular weight excluding hydrogens is 164 g/mol. The molecule has 3 atom stereocenters. The number of hydrogen-bond donors (Lipinski definition) is 1. The van der Waals surface area contributed by atoms with E-state index in [1.165, 1.54) is 38.5 Å². The van der Waals surface area contributed by atoms with Crippen LogP contribution >= 0.6 is 0 Å². The largest absolute Gasteiger partial charge is 0.481 e. The van der Waals surface area contributed by atoms with E-state index < -0.39 is 5.97 Å². The highest BCUT2D eigenvalue weighted by atomic mass is 16.4. The number of hydrogen-bond acceptors (Lipinski definition) is 1. The molecule has 0 unspecified atom stereocenters. The van der Waals surface area contributed by atoms with Gasteiger partial charge in [-0.15, -0.1) is 0 Å². The number of carboxylic acid groups (broad SMARTS) is 1. The van der Waals surface area contributed by atoms with Gasteiger partial charge in [-0.3, -0.25) is 4.79 Å². The molecule has 2 aliphatic rings. The molecule has 0 amide bonds. The maximum absolute atomic E-state index is 10.6. The van der Waals surface area contributed by atoms with E-state index in [-0.39, 0.29) is 0 Å². The molecule has 2 aliphatic carbocycles. The molecule has 0 aromatic heterocycles. The van der Waals surface area contributed by atoms with Crippen LogP contribution in [0.25, 0.3) is 0 Å². The smallest absolute Gasteiger partial charge is 0.303 e. The molecule has 1 N–H and O–H groups in total. The minimum absolute atomic E-state index is 0.418. The fourth-order valence-electron chi connectivity index (χ4n) is 3.15. The van der Waals surface area contributed by atoms with E-state index in [1.54, 1.807) is 0 Å². The lowest BCUT2D eigenvalue weighted by molar-refractivity contribution is -0.140. The third-order valence-electron chi connectivity index (χ3n) is 3.87. The minimum atomic E-state index is -0.604. The van der Waals surface area contributed by atoms with Gasteiger partial charge in [-0.2, -0.15) is 0 Å². The van der Waals surface area contributed by atoms with Crippen molar-refractivity contribution in [3.05, 3.63) is 0 Å². The number of carboxylic acids is 1. The summed E-state index contributed by atoms with van der Waals surface area (Å²) in [6, 6.07) is 0. The van der Waals surface area contributed by atoms with Crippen LogP contribution in [0.4, 0.5) is 0 Å². The fourth-order valence-corrected chi connectivity index (χ4v) is 3.15. The zero-order valence-corrected chi connectivity index (χ0v) is 8.04. The van der Waals surface area contributed by atoms with Gasteiger partial charge in [0.15, 0.2) is 0 Å². The summed E-state index contributed by atoms with van der Waals surface area (Å²) in [7, 11) is 0. The average Bonchev–Trinajstić information content (AvgIpc) is 2.22. The van der Waals surface area contributed by atoms with Gasteiger partial charge in [0.25, 0.3) is 0 Å². The van der Waals surface area contributed by atoms with Crippen molar-refractivity contribution in [3.8, 4) is 0 Å². The van der Waals surface area contributed by atoms with Gasteiger partial charge in [0.1, 0.15) is 0 Å². The quantitative estimate of drug-likeness (QED) is 0.713. The van der Waals surface area contributed by atoms with Crippen molar-refractivity contribution in [2.24, 2.45) is 17.8 Å². The molecule has 2 rings (SSSR count). The summed E-state index contributed by atoms with van der Waals surface area (Å²) in [6.45, 7) is 0. The Bertz CT molecular complexity index is 200. The molecule has 0 aromatic rings. The molecule has 0 aromatic carbocycles. The normalized spacial score (nSPS) is 38.6. The molecule has 0 spiro atoms. The molecule has 0 radical (unpaired) electrons. The Morgan fingerprint density at radius 2 is 2.00 bits per heavy atom. The summed E-state index contributed by atoms with van der Waals surface area (Å²) in [5.41, 5.74) is 0. The lowest BCUT2D eigenvalue weighted by Crippen LogP contribution is -2.37. The second-order valence-corrected chi connectivity index (χ2v) is 4.66. The molecule has 0 aliphatic heterocycles. The van der Waals surface area contributed by atoms with Gasteiger partial charge in [-0.05, 0) is 30.6 Å². The van der Waals surface area contributed by atoms with Gasteiger partial charge in [0, 0.05) is 6.42 Å². The average molecular weight is 182 g/mol.